The normalized spacial score (nSPS) is 22.3. The van der Waals surface area contributed by atoms with E-state index in [2.05, 4.69) is 4.90 Å². The van der Waals surface area contributed by atoms with Crippen LogP contribution in [0.25, 0.3) is 0 Å². The van der Waals surface area contributed by atoms with E-state index in [4.69, 9.17) is 10.5 Å². The van der Waals surface area contributed by atoms with Crippen LogP contribution in [0, 0.1) is 5.92 Å². The van der Waals surface area contributed by atoms with Gasteiger partial charge in [-0.25, -0.2) is 0 Å². The van der Waals surface area contributed by atoms with Gasteiger partial charge in [0.15, 0.2) is 0 Å². The second-order valence-electron chi connectivity index (χ2n) is 6.54. The summed E-state index contributed by atoms with van der Waals surface area (Å²) in [4.78, 5) is 14.1. The summed E-state index contributed by atoms with van der Waals surface area (Å²) in [6, 6.07) is 0.852. The standard InChI is InChI=1S/C15H28N2O2/c1-15(16,14(18)19-2)9-3-4-10-17(13-7-8-13)11-12-5-6-12/h12-13H,3-11,16H2,1-2H3. The van der Waals surface area contributed by atoms with Crippen LogP contribution in [0.5, 0.6) is 0 Å². The molecule has 2 aliphatic carbocycles. The van der Waals surface area contributed by atoms with Crippen LogP contribution < -0.4 is 5.73 Å². The van der Waals surface area contributed by atoms with Gasteiger partial charge in [0.1, 0.15) is 5.54 Å². The molecule has 2 rings (SSSR count). The molecule has 0 aromatic heterocycles. The number of unbranched alkanes of at least 4 members (excludes halogenated alkanes) is 1. The minimum absolute atomic E-state index is 0.301. The highest BCUT2D eigenvalue weighted by molar-refractivity contribution is 5.79. The predicted molar refractivity (Wildman–Crippen MR) is 75.8 cm³/mol. The first-order chi connectivity index (χ1) is 9.03. The zero-order valence-corrected chi connectivity index (χ0v) is 12.4. The van der Waals surface area contributed by atoms with Crippen LogP contribution in [-0.2, 0) is 9.53 Å². The van der Waals surface area contributed by atoms with Gasteiger partial charge in [-0.05, 0) is 64.3 Å². The Labute approximate surface area is 116 Å². The molecule has 0 saturated heterocycles. The van der Waals surface area contributed by atoms with Crippen LogP contribution in [-0.4, -0.2) is 42.6 Å². The van der Waals surface area contributed by atoms with Crippen molar-refractivity contribution in [1.29, 1.82) is 0 Å². The molecular weight excluding hydrogens is 240 g/mol. The number of hydrogen-bond donors (Lipinski definition) is 1. The zero-order valence-electron chi connectivity index (χ0n) is 12.4. The summed E-state index contributed by atoms with van der Waals surface area (Å²) < 4.78 is 4.73. The molecule has 0 radical (unpaired) electrons. The molecule has 0 aromatic carbocycles. The monoisotopic (exact) mass is 268 g/mol. The van der Waals surface area contributed by atoms with Gasteiger partial charge in [0.2, 0.25) is 0 Å². The predicted octanol–water partition coefficient (Wildman–Crippen LogP) is 1.92. The van der Waals surface area contributed by atoms with Crippen molar-refractivity contribution in [2.75, 3.05) is 20.2 Å². The van der Waals surface area contributed by atoms with E-state index in [0.29, 0.717) is 6.42 Å². The minimum Gasteiger partial charge on any atom is -0.468 e. The summed E-state index contributed by atoms with van der Waals surface area (Å²) in [7, 11) is 1.40. The van der Waals surface area contributed by atoms with E-state index < -0.39 is 5.54 Å². The van der Waals surface area contributed by atoms with Crippen molar-refractivity contribution >= 4 is 5.97 Å². The molecule has 0 aliphatic heterocycles. The maximum Gasteiger partial charge on any atom is 0.325 e. The topological polar surface area (TPSA) is 55.6 Å². The summed E-state index contributed by atoms with van der Waals surface area (Å²) in [5.74, 6) is 0.667. The Hall–Kier alpha value is -0.610. The van der Waals surface area contributed by atoms with Gasteiger partial charge in [0.05, 0.1) is 7.11 Å². The lowest BCUT2D eigenvalue weighted by atomic mass is 9.96. The molecule has 4 heteroatoms. The third kappa shape index (κ3) is 4.77. The van der Waals surface area contributed by atoms with Gasteiger partial charge in [0.25, 0.3) is 0 Å². The van der Waals surface area contributed by atoms with E-state index in [1.165, 1.54) is 45.9 Å². The van der Waals surface area contributed by atoms with Crippen molar-refractivity contribution in [3.05, 3.63) is 0 Å². The molecule has 0 spiro atoms. The van der Waals surface area contributed by atoms with Crippen LogP contribution in [0.3, 0.4) is 0 Å². The lowest BCUT2D eigenvalue weighted by molar-refractivity contribution is -0.146. The Morgan fingerprint density at radius 2 is 2.00 bits per heavy atom. The molecule has 1 unspecified atom stereocenters. The highest BCUT2D eigenvalue weighted by atomic mass is 16.5. The molecule has 0 amide bonds. The van der Waals surface area contributed by atoms with Gasteiger partial charge in [-0.2, -0.15) is 0 Å². The highest BCUT2D eigenvalue weighted by Crippen LogP contribution is 2.34. The summed E-state index contributed by atoms with van der Waals surface area (Å²) in [5, 5.41) is 0. The lowest BCUT2D eigenvalue weighted by Gasteiger charge is -2.24. The van der Waals surface area contributed by atoms with E-state index in [9.17, 15) is 4.79 Å². The van der Waals surface area contributed by atoms with Gasteiger partial charge in [-0.3, -0.25) is 4.79 Å². The maximum absolute atomic E-state index is 11.5. The van der Waals surface area contributed by atoms with Crippen molar-refractivity contribution in [3.63, 3.8) is 0 Å². The fourth-order valence-electron chi connectivity index (χ4n) is 2.64. The molecular formula is C15H28N2O2. The zero-order chi connectivity index (χ0) is 13.9. The first kappa shape index (κ1) is 14.8. The fraction of sp³-hybridized carbons (Fsp3) is 0.933. The number of nitrogens with zero attached hydrogens (tertiary/aromatic N) is 1. The minimum atomic E-state index is -0.824. The van der Waals surface area contributed by atoms with Crippen LogP contribution in [0.15, 0.2) is 0 Å². The number of carbonyl (C=O) groups is 1. The Kier molecular flexibility index (Phi) is 4.85. The third-order valence-corrected chi connectivity index (χ3v) is 4.30. The largest absolute Gasteiger partial charge is 0.468 e. The molecule has 0 aromatic rings. The van der Waals surface area contributed by atoms with E-state index in [1.807, 2.05) is 0 Å². The number of carbonyl (C=O) groups excluding carboxylic acids is 1. The third-order valence-electron chi connectivity index (χ3n) is 4.30. The lowest BCUT2D eigenvalue weighted by Crippen LogP contribution is -2.45. The van der Waals surface area contributed by atoms with Crippen molar-refractivity contribution < 1.29 is 9.53 Å². The summed E-state index contributed by atoms with van der Waals surface area (Å²) >= 11 is 0. The number of esters is 1. The van der Waals surface area contributed by atoms with Crippen LogP contribution >= 0.6 is 0 Å². The van der Waals surface area contributed by atoms with E-state index >= 15 is 0 Å². The molecule has 110 valence electrons. The van der Waals surface area contributed by atoms with Crippen LogP contribution in [0.1, 0.15) is 51.9 Å². The van der Waals surface area contributed by atoms with Gasteiger partial charge >= 0.3 is 5.97 Å². The first-order valence-electron chi connectivity index (χ1n) is 7.64. The van der Waals surface area contributed by atoms with Gasteiger partial charge in [-0.1, -0.05) is 0 Å². The maximum atomic E-state index is 11.5. The number of rotatable bonds is 9. The second-order valence-corrected chi connectivity index (χ2v) is 6.54. The van der Waals surface area contributed by atoms with Gasteiger partial charge in [-0.15, -0.1) is 0 Å². The Bertz CT molecular complexity index is 309. The van der Waals surface area contributed by atoms with Crippen molar-refractivity contribution in [3.8, 4) is 0 Å². The molecule has 19 heavy (non-hydrogen) atoms. The first-order valence-corrected chi connectivity index (χ1v) is 7.64. The average molecular weight is 268 g/mol. The number of nitrogens with two attached hydrogens (primary N) is 1. The van der Waals surface area contributed by atoms with Crippen molar-refractivity contribution in [2.24, 2.45) is 11.7 Å². The summed E-state index contributed by atoms with van der Waals surface area (Å²) in [6.07, 6.45) is 8.44. The Morgan fingerprint density at radius 3 is 2.53 bits per heavy atom. The average Bonchev–Trinajstić information content (AvgIpc) is 3.24. The SMILES string of the molecule is COC(=O)C(C)(N)CCCCN(CC1CC1)C1CC1. The molecule has 2 aliphatic rings. The second kappa shape index (κ2) is 6.23. The molecule has 2 saturated carbocycles. The summed E-state index contributed by atoms with van der Waals surface area (Å²) in [6.45, 7) is 4.22. The van der Waals surface area contributed by atoms with Gasteiger partial charge < -0.3 is 15.4 Å². The number of methoxy groups -OCH3 is 1. The molecule has 0 bridgehead atoms. The molecule has 4 nitrogen and oxygen atoms in total. The summed E-state index contributed by atoms with van der Waals surface area (Å²) in [5.41, 5.74) is 5.14. The molecule has 0 heterocycles. The number of hydrogen-bond acceptors (Lipinski definition) is 4. The smallest absolute Gasteiger partial charge is 0.325 e. The Balaban J connectivity index is 1.63. The van der Waals surface area contributed by atoms with Crippen molar-refractivity contribution in [2.45, 2.75) is 63.5 Å². The molecule has 2 fully saturated rings. The molecule has 2 N–H and O–H groups in total. The highest BCUT2D eigenvalue weighted by Gasteiger charge is 2.33. The molecule has 1 atom stereocenters. The van der Waals surface area contributed by atoms with Crippen molar-refractivity contribution in [1.82, 2.24) is 4.90 Å². The quantitative estimate of drug-likeness (QED) is 0.513. The van der Waals surface area contributed by atoms with Crippen LogP contribution in [0.2, 0.25) is 0 Å². The van der Waals surface area contributed by atoms with E-state index in [0.717, 1.165) is 24.8 Å². The Morgan fingerprint density at radius 1 is 1.32 bits per heavy atom. The van der Waals surface area contributed by atoms with Crippen LogP contribution in [0.4, 0.5) is 0 Å². The van der Waals surface area contributed by atoms with E-state index in [-0.39, 0.29) is 5.97 Å². The van der Waals surface area contributed by atoms with E-state index in [1.54, 1.807) is 6.92 Å². The van der Waals surface area contributed by atoms with Gasteiger partial charge in [0, 0.05) is 12.6 Å². The fourth-order valence-corrected chi connectivity index (χ4v) is 2.64. The number of ether oxygens (including phenoxy) is 1.